The summed E-state index contributed by atoms with van der Waals surface area (Å²) in [5.41, 5.74) is 3.09. The fourth-order valence-corrected chi connectivity index (χ4v) is 3.05. The van der Waals surface area contributed by atoms with Gasteiger partial charge in [0.05, 0.1) is 0 Å². The van der Waals surface area contributed by atoms with Crippen LogP contribution in [0, 0.1) is 13.8 Å². The summed E-state index contributed by atoms with van der Waals surface area (Å²) in [5.74, 6) is -0.0435. The number of hydrogen-bond donors (Lipinski definition) is 2. The molecule has 1 amide bonds. The smallest absolute Gasteiger partial charge is 0.341 e. The zero-order valence-electron chi connectivity index (χ0n) is 14.2. The number of carbonyl (C=O) groups excluding carboxylic acids is 1. The number of thioether (sulfide) groups is 1. The van der Waals surface area contributed by atoms with Crippen LogP contribution in [0.2, 0.25) is 0 Å². The topological polar surface area (TPSA) is 75.6 Å². The van der Waals surface area contributed by atoms with Crippen LogP contribution >= 0.6 is 11.8 Å². The number of carboxylic acid groups (broad SMARTS) is 1. The Hall–Kier alpha value is -2.47. The van der Waals surface area contributed by atoms with Gasteiger partial charge in [0.15, 0.2) is 6.61 Å². The van der Waals surface area contributed by atoms with E-state index in [-0.39, 0.29) is 5.91 Å². The molecule has 132 valence electrons. The van der Waals surface area contributed by atoms with Crippen LogP contribution < -0.4 is 10.1 Å². The zero-order chi connectivity index (χ0) is 18.2. The molecule has 2 rings (SSSR count). The van der Waals surface area contributed by atoms with E-state index >= 15 is 0 Å². The third-order valence-corrected chi connectivity index (χ3v) is 4.55. The molecule has 0 aliphatic carbocycles. The summed E-state index contributed by atoms with van der Waals surface area (Å²) in [4.78, 5) is 23.7. The van der Waals surface area contributed by atoms with E-state index in [1.54, 1.807) is 36.0 Å². The van der Waals surface area contributed by atoms with Crippen molar-refractivity contribution in [3.63, 3.8) is 0 Å². The first kappa shape index (κ1) is 18.9. The van der Waals surface area contributed by atoms with Gasteiger partial charge in [-0.1, -0.05) is 12.1 Å². The quantitative estimate of drug-likeness (QED) is 0.700. The molecule has 0 bridgehead atoms. The Bertz CT molecular complexity index is 761. The highest BCUT2D eigenvalue weighted by molar-refractivity contribution is 7.99. The van der Waals surface area contributed by atoms with Crippen molar-refractivity contribution in [3.8, 4) is 5.75 Å². The number of aliphatic carboxylic acids is 1. The highest BCUT2D eigenvalue weighted by Gasteiger charge is 2.06. The van der Waals surface area contributed by atoms with E-state index in [2.05, 4.69) is 37.4 Å². The maximum atomic E-state index is 12.0. The number of anilines is 1. The van der Waals surface area contributed by atoms with Crippen LogP contribution in [0.25, 0.3) is 0 Å². The van der Waals surface area contributed by atoms with E-state index in [0.717, 1.165) is 4.90 Å². The van der Waals surface area contributed by atoms with E-state index in [1.807, 2.05) is 0 Å². The van der Waals surface area contributed by atoms with Gasteiger partial charge in [-0.2, -0.15) is 0 Å². The number of amides is 1. The Morgan fingerprint density at radius 1 is 1.12 bits per heavy atom. The molecule has 0 radical (unpaired) electrons. The number of carbonyl (C=O) groups is 2. The molecule has 25 heavy (non-hydrogen) atoms. The van der Waals surface area contributed by atoms with Gasteiger partial charge in [-0.3, -0.25) is 4.79 Å². The van der Waals surface area contributed by atoms with Crippen molar-refractivity contribution in [2.24, 2.45) is 0 Å². The minimum atomic E-state index is -1.04. The van der Waals surface area contributed by atoms with Crippen molar-refractivity contribution in [3.05, 3.63) is 53.6 Å². The SMILES string of the molecule is Cc1ccc(SCCC(=O)Nc2cccc(OCC(=O)O)c2)cc1C. The average Bonchev–Trinajstić information content (AvgIpc) is 2.56. The highest BCUT2D eigenvalue weighted by atomic mass is 32.2. The van der Waals surface area contributed by atoms with Crippen LogP contribution in [0.15, 0.2) is 47.4 Å². The molecule has 0 aromatic heterocycles. The minimum Gasteiger partial charge on any atom is -0.482 e. The molecular weight excluding hydrogens is 338 g/mol. The van der Waals surface area contributed by atoms with Gasteiger partial charge in [0, 0.05) is 28.8 Å². The van der Waals surface area contributed by atoms with Crippen LogP contribution in [-0.4, -0.2) is 29.3 Å². The Morgan fingerprint density at radius 2 is 1.92 bits per heavy atom. The largest absolute Gasteiger partial charge is 0.482 e. The molecule has 6 heteroatoms. The first-order valence-electron chi connectivity index (χ1n) is 7.88. The average molecular weight is 359 g/mol. The predicted molar refractivity (Wildman–Crippen MR) is 99.5 cm³/mol. The van der Waals surface area contributed by atoms with E-state index in [9.17, 15) is 9.59 Å². The molecule has 0 aliphatic rings. The summed E-state index contributed by atoms with van der Waals surface area (Å²) in [7, 11) is 0. The number of ether oxygens (including phenoxy) is 1. The molecule has 0 aliphatic heterocycles. The number of rotatable bonds is 8. The molecule has 2 aromatic carbocycles. The van der Waals surface area contributed by atoms with Crippen LogP contribution in [0.1, 0.15) is 17.5 Å². The number of nitrogens with one attached hydrogen (secondary N) is 1. The fourth-order valence-electron chi connectivity index (χ4n) is 2.10. The molecular formula is C19H21NO4S. The Kier molecular flexibility index (Phi) is 6.89. The Labute approximate surface area is 151 Å². The maximum absolute atomic E-state index is 12.0. The first-order valence-corrected chi connectivity index (χ1v) is 8.87. The standard InChI is InChI=1S/C19H21NO4S/c1-13-6-7-17(10-14(13)2)25-9-8-18(21)20-15-4-3-5-16(11-15)24-12-19(22)23/h3-7,10-11H,8-9,12H2,1-2H3,(H,20,21)(H,22,23). The van der Waals surface area contributed by atoms with Gasteiger partial charge < -0.3 is 15.2 Å². The molecule has 0 saturated heterocycles. The van der Waals surface area contributed by atoms with Crippen LogP contribution in [0.5, 0.6) is 5.75 Å². The number of benzene rings is 2. The number of aryl methyl sites for hydroxylation is 2. The van der Waals surface area contributed by atoms with Gasteiger partial charge in [0.25, 0.3) is 0 Å². The zero-order valence-corrected chi connectivity index (χ0v) is 15.1. The number of carboxylic acids is 1. The molecule has 0 saturated carbocycles. The normalized spacial score (nSPS) is 10.3. The van der Waals surface area contributed by atoms with E-state index < -0.39 is 12.6 Å². The lowest BCUT2D eigenvalue weighted by Crippen LogP contribution is -2.13. The minimum absolute atomic E-state index is 0.0910. The number of hydrogen-bond acceptors (Lipinski definition) is 4. The monoisotopic (exact) mass is 359 g/mol. The summed E-state index contributed by atoms with van der Waals surface area (Å²) in [6, 6.07) is 13.0. The van der Waals surface area contributed by atoms with Gasteiger partial charge >= 0.3 is 5.97 Å². The second-order valence-corrected chi connectivity index (χ2v) is 6.77. The summed E-state index contributed by atoms with van der Waals surface area (Å²) >= 11 is 1.65. The van der Waals surface area contributed by atoms with Gasteiger partial charge in [-0.05, 0) is 49.2 Å². The molecule has 5 nitrogen and oxygen atoms in total. The molecule has 0 unspecified atom stereocenters. The lowest BCUT2D eigenvalue weighted by Gasteiger charge is -2.08. The molecule has 2 N–H and O–H groups in total. The van der Waals surface area contributed by atoms with Gasteiger partial charge in [-0.25, -0.2) is 4.79 Å². The summed E-state index contributed by atoms with van der Waals surface area (Å²) in [6.07, 6.45) is 0.387. The Morgan fingerprint density at radius 3 is 2.64 bits per heavy atom. The summed E-state index contributed by atoms with van der Waals surface area (Å²) in [5, 5.41) is 11.4. The first-order chi connectivity index (χ1) is 11.9. The lowest BCUT2D eigenvalue weighted by molar-refractivity contribution is -0.139. The van der Waals surface area contributed by atoms with Crippen molar-refractivity contribution in [2.75, 3.05) is 17.7 Å². The molecule has 0 heterocycles. The molecule has 0 atom stereocenters. The van der Waals surface area contributed by atoms with Crippen molar-refractivity contribution >= 4 is 29.3 Å². The second-order valence-electron chi connectivity index (χ2n) is 5.60. The third-order valence-electron chi connectivity index (χ3n) is 3.56. The van der Waals surface area contributed by atoms with Crippen LogP contribution in [0.4, 0.5) is 5.69 Å². The Balaban J connectivity index is 1.80. The van der Waals surface area contributed by atoms with E-state index in [4.69, 9.17) is 9.84 Å². The van der Waals surface area contributed by atoms with Crippen LogP contribution in [-0.2, 0) is 9.59 Å². The molecule has 0 spiro atoms. The molecule has 2 aromatic rings. The van der Waals surface area contributed by atoms with Crippen LogP contribution in [0.3, 0.4) is 0 Å². The van der Waals surface area contributed by atoms with E-state index in [1.165, 1.54) is 11.1 Å². The van der Waals surface area contributed by atoms with Gasteiger partial charge in [-0.15, -0.1) is 11.8 Å². The van der Waals surface area contributed by atoms with Gasteiger partial charge in [0.2, 0.25) is 5.91 Å². The fraction of sp³-hybridized carbons (Fsp3) is 0.263. The summed E-state index contributed by atoms with van der Waals surface area (Å²) in [6.45, 7) is 3.74. The van der Waals surface area contributed by atoms with E-state index in [0.29, 0.717) is 23.6 Å². The van der Waals surface area contributed by atoms with Crippen molar-refractivity contribution in [1.82, 2.24) is 0 Å². The highest BCUT2D eigenvalue weighted by Crippen LogP contribution is 2.22. The van der Waals surface area contributed by atoms with Gasteiger partial charge in [0.1, 0.15) is 5.75 Å². The molecule has 0 fully saturated rings. The predicted octanol–water partition coefficient (Wildman–Crippen LogP) is 3.89. The third kappa shape index (κ3) is 6.51. The van der Waals surface area contributed by atoms with Crippen molar-refractivity contribution in [2.45, 2.75) is 25.2 Å². The maximum Gasteiger partial charge on any atom is 0.341 e. The lowest BCUT2D eigenvalue weighted by atomic mass is 10.1. The second kappa shape index (κ2) is 9.13. The summed E-state index contributed by atoms with van der Waals surface area (Å²) < 4.78 is 5.09. The van der Waals surface area contributed by atoms with Crippen molar-refractivity contribution < 1.29 is 19.4 Å². The van der Waals surface area contributed by atoms with Crippen molar-refractivity contribution in [1.29, 1.82) is 0 Å².